The van der Waals surface area contributed by atoms with Crippen molar-refractivity contribution >= 4 is 11.0 Å². The Bertz CT molecular complexity index is 676. The average Bonchev–Trinajstić information content (AvgIpc) is 2.81. The van der Waals surface area contributed by atoms with E-state index in [1.165, 1.54) is 30.6 Å². The zero-order valence-electron chi connectivity index (χ0n) is 12.9. The van der Waals surface area contributed by atoms with Gasteiger partial charge in [-0.25, -0.2) is 4.98 Å². The van der Waals surface area contributed by atoms with E-state index >= 15 is 0 Å². The van der Waals surface area contributed by atoms with Crippen molar-refractivity contribution in [1.82, 2.24) is 9.55 Å². The van der Waals surface area contributed by atoms with E-state index in [0.29, 0.717) is 19.1 Å². The van der Waals surface area contributed by atoms with Gasteiger partial charge in [0, 0.05) is 24.6 Å². The number of hydrogen-bond acceptors (Lipinski definition) is 4. The normalized spacial score (nSPS) is 17.7. The molecule has 0 spiro atoms. The molecule has 1 aromatic heterocycles. The van der Waals surface area contributed by atoms with Crippen molar-refractivity contribution < 1.29 is 9.47 Å². The van der Waals surface area contributed by atoms with E-state index in [4.69, 9.17) is 20.2 Å². The van der Waals surface area contributed by atoms with Crippen molar-refractivity contribution in [3.05, 3.63) is 18.0 Å². The lowest BCUT2D eigenvalue weighted by atomic mass is 9.85. The Hall–Kier alpha value is -1.75. The maximum atomic E-state index is 5.74. The Balaban J connectivity index is 1.76. The van der Waals surface area contributed by atoms with Crippen molar-refractivity contribution in [2.24, 2.45) is 5.73 Å². The van der Waals surface area contributed by atoms with Gasteiger partial charge in [0.2, 0.25) is 0 Å². The third kappa shape index (κ3) is 2.33. The van der Waals surface area contributed by atoms with E-state index < -0.39 is 0 Å². The van der Waals surface area contributed by atoms with Crippen LogP contribution in [0.3, 0.4) is 0 Å². The number of aryl methyl sites for hydroxylation is 1. The summed E-state index contributed by atoms with van der Waals surface area (Å²) in [7, 11) is 0. The summed E-state index contributed by atoms with van der Waals surface area (Å²) in [6.45, 7) is 2.97. The number of rotatable bonds is 5. The molecule has 1 aliphatic heterocycles. The number of nitrogens with zero attached hydrogens (tertiary/aromatic N) is 2. The van der Waals surface area contributed by atoms with Gasteiger partial charge in [-0.2, -0.15) is 0 Å². The average molecular weight is 301 g/mol. The van der Waals surface area contributed by atoms with Crippen LogP contribution in [0.25, 0.3) is 11.0 Å². The second-order valence-corrected chi connectivity index (χ2v) is 6.23. The number of aromatic nitrogens is 2. The van der Waals surface area contributed by atoms with Crippen LogP contribution in [0.2, 0.25) is 0 Å². The highest BCUT2D eigenvalue weighted by atomic mass is 16.6. The van der Waals surface area contributed by atoms with Crippen LogP contribution in [0.5, 0.6) is 11.5 Å². The van der Waals surface area contributed by atoms with Gasteiger partial charge >= 0.3 is 0 Å². The van der Waals surface area contributed by atoms with Crippen LogP contribution in [0.15, 0.2) is 12.1 Å². The molecule has 2 heterocycles. The van der Waals surface area contributed by atoms with Crippen LogP contribution in [-0.2, 0) is 6.54 Å². The van der Waals surface area contributed by atoms with Gasteiger partial charge < -0.3 is 19.8 Å². The first-order chi connectivity index (χ1) is 10.9. The highest BCUT2D eigenvalue weighted by Crippen LogP contribution is 2.40. The molecule has 2 aliphatic rings. The summed E-state index contributed by atoms with van der Waals surface area (Å²) < 4.78 is 13.8. The second-order valence-electron chi connectivity index (χ2n) is 6.23. The first-order valence-corrected chi connectivity index (χ1v) is 8.36. The van der Waals surface area contributed by atoms with E-state index in [9.17, 15) is 0 Å². The number of imidazole rings is 1. The second kappa shape index (κ2) is 5.80. The molecule has 1 saturated carbocycles. The minimum Gasteiger partial charge on any atom is -0.486 e. The third-order valence-electron chi connectivity index (χ3n) is 4.75. The zero-order valence-corrected chi connectivity index (χ0v) is 12.9. The van der Waals surface area contributed by atoms with Crippen LogP contribution in [0.4, 0.5) is 0 Å². The van der Waals surface area contributed by atoms with Gasteiger partial charge in [-0.1, -0.05) is 6.42 Å². The molecule has 0 atom stereocenters. The predicted molar refractivity (Wildman–Crippen MR) is 85.6 cm³/mol. The summed E-state index contributed by atoms with van der Waals surface area (Å²) in [5.74, 6) is 3.52. The first-order valence-electron chi connectivity index (χ1n) is 8.36. The number of nitrogens with two attached hydrogens (primary N) is 1. The first kappa shape index (κ1) is 13.9. The van der Waals surface area contributed by atoms with Crippen LogP contribution in [0.1, 0.15) is 43.8 Å². The lowest BCUT2D eigenvalue weighted by molar-refractivity contribution is 0.172. The Kier molecular flexibility index (Phi) is 3.66. The Morgan fingerprint density at radius 3 is 2.59 bits per heavy atom. The number of hydrogen-bond donors (Lipinski definition) is 1. The highest BCUT2D eigenvalue weighted by molar-refractivity contribution is 5.81. The minimum absolute atomic E-state index is 0.615. The standard InChI is InChI=1S/C17H23N3O2/c18-6-1-2-7-20-14-11-16-15(21-8-9-22-16)10-13(14)19-17(20)12-4-3-5-12/h10-12H,1-9,18H2. The van der Waals surface area contributed by atoms with Crippen LogP contribution >= 0.6 is 0 Å². The molecule has 5 nitrogen and oxygen atoms in total. The van der Waals surface area contributed by atoms with Gasteiger partial charge in [0.05, 0.1) is 11.0 Å². The maximum absolute atomic E-state index is 5.74. The molecule has 4 rings (SSSR count). The molecule has 0 bridgehead atoms. The van der Waals surface area contributed by atoms with Crippen molar-refractivity contribution in [3.63, 3.8) is 0 Å². The molecular formula is C17H23N3O2. The summed E-state index contributed by atoms with van der Waals surface area (Å²) in [6, 6.07) is 4.13. The molecule has 118 valence electrons. The van der Waals surface area contributed by atoms with E-state index in [-0.39, 0.29) is 0 Å². The van der Waals surface area contributed by atoms with Gasteiger partial charge in [-0.15, -0.1) is 0 Å². The monoisotopic (exact) mass is 301 g/mol. The van der Waals surface area contributed by atoms with E-state index in [1.807, 2.05) is 6.07 Å². The predicted octanol–water partition coefficient (Wildman–Crippen LogP) is 2.81. The topological polar surface area (TPSA) is 62.3 Å². The summed E-state index contributed by atoms with van der Waals surface area (Å²) >= 11 is 0. The molecule has 22 heavy (non-hydrogen) atoms. The molecule has 5 heteroatoms. The Morgan fingerprint density at radius 1 is 1.14 bits per heavy atom. The van der Waals surface area contributed by atoms with Gasteiger partial charge in [-0.05, 0) is 32.2 Å². The molecule has 0 saturated heterocycles. The smallest absolute Gasteiger partial charge is 0.163 e. The fourth-order valence-corrected chi connectivity index (χ4v) is 3.31. The molecule has 0 amide bonds. The van der Waals surface area contributed by atoms with Crippen molar-refractivity contribution in [2.45, 2.75) is 44.6 Å². The van der Waals surface area contributed by atoms with Gasteiger partial charge in [0.25, 0.3) is 0 Å². The van der Waals surface area contributed by atoms with Crippen LogP contribution in [-0.4, -0.2) is 29.3 Å². The van der Waals surface area contributed by atoms with Crippen molar-refractivity contribution in [1.29, 1.82) is 0 Å². The Morgan fingerprint density at radius 2 is 1.91 bits per heavy atom. The lowest BCUT2D eigenvalue weighted by Gasteiger charge is -2.25. The molecule has 0 radical (unpaired) electrons. The molecule has 1 aromatic carbocycles. The third-order valence-corrected chi connectivity index (χ3v) is 4.75. The van der Waals surface area contributed by atoms with Gasteiger partial charge in [0.15, 0.2) is 11.5 Å². The summed E-state index contributed by atoms with van der Waals surface area (Å²) in [5.41, 5.74) is 7.84. The largest absolute Gasteiger partial charge is 0.486 e. The quantitative estimate of drug-likeness (QED) is 0.863. The SMILES string of the molecule is NCCCCn1c(C2CCC2)nc2cc3c(cc21)OCCO3. The maximum Gasteiger partial charge on any atom is 0.163 e. The molecular weight excluding hydrogens is 278 g/mol. The molecule has 0 unspecified atom stereocenters. The van der Waals surface area contributed by atoms with Gasteiger partial charge in [0.1, 0.15) is 19.0 Å². The van der Waals surface area contributed by atoms with E-state index in [2.05, 4.69) is 10.6 Å². The molecule has 2 aromatic rings. The highest BCUT2D eigenvalue weighted by Gasteiger charge is 2.26. The van der Waals surface area contributed by atoms with Crippen LogP contribution < -0.4 is 15.2 Å². The fraction of sp³-hybridized carbons (Fsp3) is 0.588. The number of benzene rings is 1. The minimum atomic E-state index is 0.615. The Labute approximate surface area is 130 Å². The van der Waals surface area contributed by atoms with Crippen molar-refractivity contribution in [2.75, 3.05) is 19.8 Å². The number of unbranched alkanes of at least 4 members (excludes halogenated alkanes) is 1. The summed E-state index contributed by atoms with van der Waals surface area (Å²) in [5, 5.41) is 0. The summed E-state index contributed by atoms with van der Waals surface area (Å²) in [6.07, 6.45) is 5.98. The lowest BCUT2D eigenvalue weighted by Crippen LogP contribution is -2.16. The van der Waals surface area contributed by atoms with E-state index in [1.54, 1.807) is 0 Å². The van der Waals surface area contributed by atoms with Gasteiger partial charge in [-0.3, -0.25) is 0 Å². The zero-order chi connectivity index (χ0) is 14.9. The molecule has 1 aliphatic carbocycles. The van der Waals surface area contributed by atoms with Crippen molar-refractivity contribution in [3.8, 4) is 11.5 Å². The molecule has 1 fully saturated rings. The number of fused-ring (bicyclic) bond motifs is 2. The summed E-state index contributed by atoms with van der Waals surface area (Å²) in [4.78, 5) is 4.92. The van der Waals surface area contributed by atoms with Crippen LogP contribution in [0, 0.1) is 0 Å². The fourth-order valence-electron chi connectivity index (χ4n) is 3.31. The number of ether oxygens (including phenoxy) is 2. The van der Waals surface area contributed by atoms with E-state index in [0.717, 1.165) is 42.9 Å². The molecule has 2 N–H and O–H groups in total.